The monoisotopic (exact) mass is 189 g/mol. The molecular formula is C7H6ClO2S. The van der Waals surface area contributed by atoms with Crippen LogP contribution in [0.25, 0.3) is 0 Å². The molecule has 0 spiro atoms. The lowest BCUT2D eigenvalue weighted by Gasteiger charge is -1.95. The molecule has 1 rings (SSSR count). The minimum absolute atomic E-state index is 0.0895. The summed E-state index contributed by atoms with van der Waals surface area (Å²) in [7, 11) is 1.48. The third-order valence-corrected chi connectivity index (χ3v) is 2.53. The second kappa shape index (κ2) is 2.83. The van der Waals surface area contributed by atoms with E-state index in [0.29, 0.717) is 5.56 Å². The quantitative estimate of drug-likeness (QED) is 0.632. The lowest BCUT2D eigenvalue weighted by molar-refractivity contribution is 0.609. The highest BCUT2D eigenvalue weighted by Gasteiger charge is 2.08. The van der Waals surface area contributed by atoms with E-state index in [1.54, 1.807) is 12.1 Å². The van der Waals surface area contributed by atoms with E-state index in [-0.39, 0.29) is 4.90 Å². The summed E-state index contributed by atoms with van der Waals surface area (Å²) in [5.41, 5.74) is 0.631. The number of hydrogen-bond acceptors (Lipinski definition) is 2. The molecule has 1 aromatic carbocycles. The first-order valence-corrected chi connectivity index (χ1v) is 5.18. The van der Waals surface area contributed by atoms with Gasteiger partial charge in [-0.1, -0.05) is 12.1 Å². The summed E-state index contributed by atoms with van der Waals surface area (Å²) in [5.74, 6) is 0. The Kier molecular flexibility index (Phi) is 2.20. The molecule has 0 amide bonds. The van der Waals surface area contributed by atoms with Gasteiger partial charge in [-0.05, 0) is 24.6 Å². The highest BCUT2D eigenvalue weighted by atomic mass is 35.7. The highest BCUT2D eigenvalue weighted by molar-refractivity contribution is 8.13. The molecule has 0 heterocycles. The summed E-state index contributed by atoms with van der Waals surface area (Å²) in [5, 5.41) is 0. The van der Waals surface area contributed by atoms with E-state index < -0.39 is 9.05 Å². The van der Waals surface area contributed by atoms with Crippen molar-refractivity contribution in [2.45, 2.75) is 4.90 Å². The third-order valence-electron chi connectivity index (χ3n) is 1.18. The van der Waals surface area contributed by atoms with Gasteiger partial charge in [0, 0.05) is 10.7 Å². The first-order valence-electron chi connectivity index (χ1n) is 2.87. The molecule has 4 heteroatoms. The van der Waals surface area contributed by atoms with Crippen LogP contribution in [0, 0.1) is 6.92 Å². The van der Waals surface area contributed by atoms with Crippen LogP contribution in [-0.2, 0) is 9.05 Å². The highest BCUT2D eigenvalue weighted by Crippen LogP contribution is 2.15. The first-order chi connectivity index (χ1) is 5.00. The predicted octanol–water partition coefficient (Wildman–Crippen LogP) is 1.80. The topological polar surface area (TPSA) is 34.1 Å². The zero-order valence-corrected chi connectivity index (χ0v) is 7.19. The molecule has 1 aromatic rings. The van der Waals surface area contributed by atoms with E-state index >= 15 is 0 Å². The molecule has 0 saturated heterocycles. The third kappa shape index (κ3) is 2.20. The average molecular weight is 190 g/mol. The van der Waals surface area contributed by atoms with Gasteiger partial charge in [-0.3, -0.25) is 0 Å². The number of hydrogen-bond donors (Lipinski definition) is 0. The molecule has 0 aromatic heterocycles. The molecular weight excluding hydrogens is 184 g/mol. The fraction of sp³-hybridized carbons (Fsp3) is 0. The van der Waals surface area contributed by atoms with Crippen LogP contribution >= 0.6 is 10.7 Å². The Labute approximate surface area is 70.2 Å². The normalized spacial score (nSPS) is 11.5. The summed E-state index contributed by atoms with van der Waals surface area (Å²) in [6.07, 6.45) is 0. The summed E-state index contributed by atoms with van der Waals surface area (Å²) < 4.78 is 21.4. The molecule has 59 valence electrons. The molecule has 0 N–H and O–H groups in total. The minimum atomic E-state index is -3.59. The summed E-state index contributed by atoms with van der Waals surface area (Å²) >= 11 is 0. The van der Waals surface area contributed by atoms with Crippen molar-refractivity contribution in [2.24, 2.45) is 0 Å². The van der Waals surface area contributed by atoms with Gasteiger partial charge in [0.1, 0.15) is 0 Å². The van der Waals surface area contributed by atoms with E-state index in [4.69, 9.17) is 10.7 Å². The van der Waals surface area contributed by atoms with Crippen molar-refractivity contribution in [1.82, 2.24) is 0 Å². The van der Waals surface area contributed by atoms with Gasteiger partial charge in [0.15, 0.2) is 0 Å². The van der Waals surface area contributed by atoms with Crippen molar-refractivity contribution >= 4 is 19.7 Å². The van der Waals surface area contributed by atoms with Crippen molar-refractivity contribution < 1.29 is 8.42 Å². The molecule has 0 fully saturated rings. The van der Waals surface area contributed by atoms with E-state index in [1.165, 1.54) is 12.1 Å². The zero-order chi connectivity index (χ0) is 8.48. The number of halogens is 1. The van der Waals surface area contributed by atoms with Crippen LogP contribution in [0.2, 0.25) is 0 Å². The maximum absolute atomic E-state index is 10.7. The minimum Gasteiger partial charge on any atom is -0.207 e. The van der Waals surface area contributed by atoms with Crippen LogP contribution in [-0.4, -0.2) is 8.42 Å². The van der Waals surface area contributed by atoms with Crippen molar-refractivity contribution in [3.8, 4) is 0 Å². The predicted molar refractivity (Wildman–Crippen MR) is 43.9 cm³/mol. The van der Waals surface area contributed by atoms with E-state index in [9.17, 15) is 8.42 Å². The maximum Gasteiger partial charge on any atom is 0.261 e. The molecule has 0 saturated carbocycles. The van der Waals surface area contributed by atoms with Gasteiger partial charge in [0.05, 0.1) is 4.90 Å². The van der Waals surface area contributed by atoms with Crippen LogP contribution in [0.3, 0.4) is 0 Å². The van der Waals surface area contributed by atoms with Gasteiger partial charge in [0.2, 0.25) is 0 Å². The second-order valence-electron chi connectivity index (χ2n) is 2.09. The van der Waals surface area contributed by atoms with Crippen LogP contribution in [0.1, 0.15) is 5.56 Å². The Balaban J connectivity index is 3.28. The van der Waals surface area contributed by atoms with Crippen molar-refractivity contribution in [1.29, 1.82) is 0 Å². The van der Waals surface area contributed by atoms with Gasteiger partial charge in [-0.25, -0.2) is 8.42 Å². The summed E-state index contributed by atoms with van der Waals surface area (Å²) in [6.45, 7) is 3.57. The Morgan fingerprint density at radius 3 is 2.36 bits per heavy atom. The molecule has 2 nitrogen and oxygen atoms in total. The summed E-state index contributed by atoms with van der Waals surface area (Å²) in [4.78, 5) is 0.0895. The fourth-order valence-electron chi connectivity index (χ4n) is 0.697. The second-order valence-corrected chi connectivity index (χ2v) is 4.65. The first kappa shape index (κ1) is 8.56. The van der Waals surface area contributed by atoms with Crippen LogP contribution in [0.4, 0.5) is 0 Å². The van der Waals surface area contributed by atoms with Crippen LogP contribution < -0.4 is 0 Å². The molecule has 0 atom stereocenters. The van der Waals surface area contributed by atoms with Crippen molar-refractivity contribution in [2.75, 3.05) is 0 Å². The Hall–Kier alpha value is -0.540. The molecule has 0 aliphatic carbocycles. The zero-order valence-electron chi connectivity index (χ0n) is 5.62. The standard InChI is InChI=1S/C7H6ClO2S/c1-6-3-2-4-7(5-6)11(8,9)10/h2-5H,1H2. The van der Waals surface area contributed by atoms with E-state index in [0.717, 1.165) is 0 Å². The Morgan fingerprint density at radius 1 is 1.36 bits per heavy atom. The molecule has 0 aliphatic heterocycles. The largest absolute Gasteiger partial charge is 0.261 e. The van der Waals surface area contributed by atoms with Gasteiger partial charge < -0.3 is 0 Å². The molecule has 0 unspecified atom stereocenters. The van der Waals surface area contributed by atoms with Crippen LogP contribution in [0.5, 0.6) is 0 Å². The smallest absolute Gasteiger partial charge is 0.207 e. The van der Waals surface area contributed by atoms with E-state index in [2.05, 4.69) is 6.92 Å². The molecule has 0 bridgehead atoms. The fourth-order valence-corrected chi connectivity index (χ4v) is 1.52. The number of benzene rings is 1. The van der Waals surface area contributed by atoms with E-state index in [1.807, 2.05) is 0 Å². The number of rotatable bonds is 1. The Bertz CT molecular complexity index is 356. The SMILES string of the molecule is [CH2]c1cccc(S(=O)(=O)Cl)c1. The Morgan fingerprint density at radius 2 is 2.00 bits per heavy atom. The molecule has 11 heavy (non-hydrogen) atoms. The summed E-state index contributed by atoms with van der Waals surface area (Å²) in [6, 6.07) is 6.14. The lowest BCUT2D eigenvalue weighted by Crippen LogP contribution is -1.89. The van der Waals surface area contributed by atoms with Gasteiger partial charge in [-0.15, -0.1) is 0 Å². The lowest BCUT2D eigenvalue weighted by atomic mass is 10.2. The maximum atomic E-state index is 10.7. The average Bonchev–Trinajstić information content (AvgIpc) is 1.86. The molecule has 0 aliphatic rings. The van der Waals surface area contributed by atoms with Crippen molar-refractivity contribution in [3.05, 3.63) is 36.8 Å². The van der Waals surface area contributed by atoms with Gasteiger partial charge in [0.25, 0.3) is 9.05 Å². The van der Waals surface area contributed by atoms with Crippen LogP contribution in [0.15, 0.2) is 29.2 Å². The molecule has 1 radical (unpaired) electrons. The van der Waals surface area contributed by atoms with Crippen molar-refractivity contribution in [3.63, 3.8) is 0 Å². The van der Waals surface area contributed by atoms with Gasteiger partial charge >= 0.3 is 0 Å². The van der Waals surface area contributed by atoms with Gasteiger partial charge in [-0.2, -0.15) is 0 Å².